The molecule has 2 aromatic rings. The van der Waals surface area contributed by atoms with E-state index in [2.05, 4.69) is 5.32 Å². The Balaban J connectivity index is 2.34. The SMILES string of the molecule is Cc1ccc(Nc2ccc(Cl)cc2C(N)=S)cc1. The van der Waals surface area contributed by atoms with Gasteiger partial charge in [0.05, 0.1) is 0 Å². The number of nitrogens with two attached hydrogens (primary N) is 1. The van der Waals surface area contributed by atoms with Gasteiger partial charge in [-0.2, -0.15) is 0 Å². The molecule has 18 heavy (non-hydrogen) atoms. The molecular weight excluding hydrogens is 264 g/mol. The van der Waals surface area contributed by atoms with E-state index in [9.17, 15) is 0 Å². The van der Waals surface area contributed by atoms with Crippen molar-refractivity contribution < 1.29 is 0 Å². The first-order valence-corrected chi connectivity index (χ1v) is 6.28. The van der Waals surface area contributed by atoms with Gasteiger partial charge in [-0.3, -0.25) is 0 Å². The molecule has 0 fully saturated rings. The van der Waals surface area contributed by atoms with E-state index >= 15 is 0 Å². The number of benzene rings is 2. The quantitative estimate of drug-likeness (QED) is 0.832. The van der Waals surface area contributed by atoms with Crippen molar-refractivity contribution in [1.82, 2.24) is 0 Å². The van der Waals surface area contributed by atoms with Gasteiger partial charge in [-0.25, -0.2) is 0 Å². The highest BCUT2D eigenvalue weighted by molar-refractivity contribution is 7.80. The molecule has 0 spiro atoms. The average Bonchev–Trinajstić information content (AvgIpc) is 2.34. The van der Waals surface area contributed by atoms with Gasteiger partial charge < -0.3 is 11.1 Å². The summed E-state index contributed by atoms with van der Waals surface area (Å²) in [6, 6.07) is 13.5. The van der Waals surface area contributed by atoms with Gasteiger partial charge >= 0.3 is 0 Å². The van der Waals surface area contributed by atoms with E-state index in [1.807, 2.05) is 37.3 Å². The fourth-order valence-corrected chi connectivity index (χ4v) is 1.96. The lowest BCUT2D eigenvalue weighted by Gasteiger charge is -2.11. The molecule has 0 heterocycles. The fourth-order valence-electron chi connectivity index (χ4n) is 1.62. The summed E-state index contributed by atoms with van der Waals surface area (Å²) in [6.45, 7) is 2.05. The Morgan fingerprint density at radius 3 is 2.44 bits per heavy atom. The Bertz CT molecular complexity index is 579. The van der Waals surface area contributed by atoms with Gasteiger partial charge in [0.25, 0.3) is 0 Å². The largest absolute Gasteiger partial charge is 0.389 e. The van der Waals surface area contributed by atoms with Crippen LogP contribution in [-0.2, 0) is 0 Å². The second-order valence-corrected chi connectivity index (χ2v) is 4.92. The van der Waals surface area contributed by atoms with E-state index in [-0.39, 0.29) is 0 Å². The Morgan fingerprint density at radius 1 is 1.17 bits per heavy atom. The third-order valence-electron chi connectivity index (χ3n) is 2.58. The van der Waals surface area contributed by atoms with Crippen molar-refractivity contribution in [3.05, 3.63) is 58.6 Å². The minimum Gasteiger partial charge on any atom is -0.389 e. The van der Waals surface area contributed by atoms with Crippen LogP contribution in [0.4, 0.5) is 11.4 Å². The summed E-state index contributed by atoms with van der Waals surface area (Å²) >= 11 is 11.0. The molecule has 0 atom stereocenters. The van der Waals surface area contributed by atoms with Gasteiger partial charge in [0, 0.05) is 22.0 Å². The Hall–Kier alpha value is -1.58. The Labute approximate surface area is 117 Å². The molecule has 2 aromatic carbocycles. The molecule has 0 amide bonds. The predicted molar refractivity (Wildman–Crippen MR) is 81.8 cm³/mol. The van der Waals surface area contributed by atoms with Crippen molar-refractivity contribution in [2.75, 3.05) is 5.32 Å². The van der Waals surface area contributed by atoms with Gasteiger partial charge in [0.2, 0.25) is 0 Å². The van der Waals surface area contributed by atoms with Crippen LogP contribution in [0.1, 0.15) is 11.1 Å². The molecule has 0 aliphatic rings. The summed E-state index contributed by atoms with van der Waals surface area (Å²) in [5.74, 6) is 0. The van der Waals surface area contributed by atoms with Gasteiger partial charge in [-0.15, -0.1) is 0 Å². The second-order valence-electron chi connectivity index (χ2n) is 4.05. The number of hydrogen-bond acceptors (Lipinski definition) is 2. The highest BCUT2D eigenvalue weighted by atomic mass is 35.5. The topological polar surface area (TPSA) is 38.0 Å². The molecule has 2 nitrogen and oxygen atoms in total. The van der Waals surface area contributed by atoms with Crippen LogP contribution in [0.5, 0.6) is 0 Å². The van der Waals surface area contributed by atoms with Gasteiger partial charge in [0.1, 0.15) is 4.99 Å². The average molecular weight is 277 g/mol. The van der Waals surface area contributed by atoms with Gasteiger partial charge in [0.15, 0.2) is 0 Å². The third-order valence-corrected chi connectivity index (χ3v) is 3.03. The lowest BCUT2D eigenvalue weighted by Crippen LogP contribution is -2.11. The zero-order chi connectivity index (χ0) is 13.1. The van der Waals surface area contributed by atoms with E-state index in [0.29, 0.717) is 10.0 Å². The van der Waals surface area contributed by atoms with E-state index < -0.39 is 0 Å². The summed E-state index contributed by atoms with van der Waals surface area (Å²) in [5, 5.41) is 3.90. The zero-order valence-electron chi connectivity index (χ0n) is 9.91. The Morgan fingerprint density at radius 2 is 1.83 bits per heavy atom. The first-order chi connectivity index (χ1) is 8.56. The number of nitrogens with one attached hydrogen (secondary N) is 1. The molecule has 92 valence electrons. The van der Waals surface area contributed by atoms with E-state index in [1.165, 1.54) is 5.56 Å². The molecule has 0 bridgehead atoms. The summed E-state index contributed by atoms with van der Waals surface area (Å²) in [6.07, 6.45) is 0. The number of halogens is 1. The van der Waals surface area contributed by atoms with E-state index in [4.69, 9.17) is 29.6 Å². The van der Waals surface area contributed by atoms with Crippen molar-refractivity contribution in [1.29, 1.82) is 0 Å². The maximum absolute atomic E-state index is 5.94. The zero-order valence-corrected chi connectivity index (χ0v) is 11.5. The maximum atomic E-state index is 5.94. The van der Waals surface area contributed by atoms with Crippen molar-refractivity contribution in [3.8, 4) is 0 Å². The van der Waals surface area contributed by atoms with Crippen LogP contribution >= 0.6 is 23.8 Å². The van der Waals surface area contributed by atoms with Crippen LogP contribution in [0.2, 0.25) is 5.02 Å². The molecule has 2 rings (SSSR count). The molecule has 3 N–H and O–H groups in total. The van der Waals surface area contributed by atoms with E-state index in [1.54, 1.807) is 12.1 Å². The van der Waals surface area contributed by atoms with Crippen LogP contribution in [0.3, 0.4) is 0 Å². The first-order valence-electron chi connectivity index (χ1n) is 5.49. The van der Waals surface area contributed by atoms with Crippen molar-refractivity contribution in [2.24, 2.45) is 5.73 Å². The molecule has 0 aromatic heterocycles. The highest BCUT2D eigenvalue weighted by Gasteiger charge is 2.06. The normalized spacial score (nSPS) is 10.1. The predicted octanol–water partition coefficient (Wildman–Crippen LogP) is 4.03. The van der Waals surface area contributed by atoms with Gasteiger partial charge in [-0.1, -0.05) is 41.5 Å². The van der Waals surface area contributed by atoms with Gasteiger partial charge in [-0.05, 0) is 37.3 Å². The molecular formula is C14H13ClN2S. The number of hydrogen-bond donors (Lipinski definition) is 2. The summed E-state index contributed by atoms with van der Waals surface area (Å²) in [4.78, 5) is 0.326. The second kappa shape index (κ2) is 5.38. The molecule has 0 saturated carbocycles. The van der Waals surface area contributed by atoms with Crippen LogP contribution in [-0.4, -0.2) is 4.99 Å². The summed E-state index contributed by atoms with van der Waals surface area (Å²) in [5.41, 5.74) is 9.50. The van der Waals surface area contributed by atoms with Crippen LogP contribution in [0.25, 0.3) is 0 Å². The first kappa shape index (κ1) is 12.9. The van der Waals surface area contributed by atoms with Crippen LogP contribution in [0.15, 0.2) is 42.5 Å². The lowest BCUT2D eigenvalue weighted by molar-refractivity contribution is 1.45. The van der Waals surface area contributed by atoms with Crippen LogP contribution in [0, 0.1) is 6.92 Å². The van der Waals surface area contributed by atoms with Crippen molar-refractivity contribution >= 4 is 40.2 Å². The van der Waals surface area contributed by atoms with E-state index in [0.717, 1.165) is 16.9 Å². The molecule has 0 saturated heterocycles. The molecule has 0 aliphatic carbocycles. The van der Waals surface area contributed by atoms with Crippen molar-refractivity contribution in [3.63, 3.8) is 0 Å². The lowest BCUT2D eigenvalue weighted by atomic mass is 10.1. The Kier molecular flexibility index (Phi) is 3.84. The smallest absolute Gasteiger partial charge is 0.106 e. The number of thiocarbonyl (C=S) groups is 1. The summed E-state index contributed by atoms with van der Waals surface area (Å²) in [7, 11) is 0. The van der Waals surface area contributed by atoms with Crippen LogP contribution < -0.4 is 11.1 Å². The molecule has 4 heteroatoms. The number of anilines is 2. The van der Waals surface area contributed by atoms with Crippen molar-refractivity contribution in [2.45, 2.75) is 6.92 Å². The fraction of sp³-hybridized carbons (Fsp3) is 0.0714. The standard InChI is InChI=1S/C14H13ClN2S/c1-9-2-5-11(6-3-9)17-13-7-4-10(15)8-12(13)14(16)18/h2-8,17H,1H3,(H2,16,18). The number of aryl methyl sites for hydroxylation is 1. The molecule has 0 radical (unpaired) electrons. The third kappa shape index (κ3) is 3.00. The molecule has 0 unspecified atom stereocenters. The summed E-state index contributed by atoms with van der Waals surface area (Å²) < 4.78 is 0. The minimum atomic E-state index is 0.326. The number of rotatable bonds is 3. The monoisotopic (exact) mass is 276 g/mol. The molecule has 0 aliphatic heterocycles. The highest BCUT2D eigenvalue weighted by Crippen LogP contribution is 2.24. The maximum Gasteiger partial charge on any atom is 0.106 e. The minimum absolute atomic E-state index is 0.326.